The normalized spacial score (nSPS) is 15.1. The van der Waals surface area contributed by atoms with E-state index in [1.807, 2.05) is 31.6 Å². The molecule has 90 valence electrons. The van der Waals surface area contributed by atoms with Gasteiger partial charge in [-0.1, -0.05) is 13.8 Å². The first-order valence-corrected chi connectivity index (χ1v) is 5.65. The summed E-state index contributed by atoms with van der Waals surface area (Å²) in [5, 5.41) is 13.5. The average molecular weight is 224 g/mol. The maximum atomic E-state index is 11.3. The predicted octanol–water partition coefficient (Wildman–Crippen LogP) is 2.19. The minimum atomic E-state index is -0.744. The quantitative estimate of drug-likeness (QED) is 0.834. The van der Waals surface area contributed by atoms with Gasteiger partial charge in [-0.05, 0) is 31.7 Å². The molecule has 0 aliphatic carbocycles. The number of carboxylic acids is 1. The Morgan fingerprint density at radius 2 is 2.25 bits per heavy atom. The highest BCUT2D eigenvalue weighted by atomic mass is 16.4. The first kappa shape index (κ1) is 12.7. The number of carboxylic acid groups (broad SMARTS) is 1. The second-order valence-corrected chi connectivity index (χ2v) is 4.76. The van der Waals surface area contributed by atoms with Crippen molar-refractivity contribution in [2.24, 2.45) is 11.3 Å². The zero-order chi connectivity index (χ0) is 12.3. The minimum absolute atomic E-state index is 0.0926. The summed E-state index contributed by atoms with van der Waals surface area (Å²) < 4.78 is 1.82. The van der Waals surface area contributed by atoms with E-state index < -0.39 is 11.4 Å². The molecule has 4 heteroatoms. The summed E-state index contributed by atoms with van der Waals surface area (Å²) in [5.74, 6) is -0.651. The molecule has 0 saturated carbocycles. The van der Waals surface area contributed by atoms with Gasteiger partial charge in [0, 0.05) is 12.7 Å². The molecule has 0 bridgehead atoms. The summed E-state index contributed by atoms with van der Waals surface area (Å²) in [6.07, 6.45) is 4.20. The zero-order valence-corrected chi connectivity index (χ0v) is 10.4. The SMILES string of the molecule is CCn1cc(CC(C)(C(=O)O)C(C)C)cn1. The molecule has 0 saturated heterocycles. The Hall–Kier alpha value is -1.32. The van der Waals surface area contributed by atoms with E-state index in [0.29, 0.717) is 6.42 Å². The summed E-state index contributed by atoms with van der Waals surface area (Å²) in [6.45, 7) is 8.50. The monoisotopic (exact) mass is 224 g/mol. The Labute approximate surface area is 96.3 Å². The van der Waals surface area contributed by atoms with Gasteiger partial charge >= 0.3 is 5.97 Å². The zero-order valence-electron chi connectivity index (χ0n) is 10.4. The van der Waals surface area contributed by atoms with Crippen LogP contribution in [0.2, 0.25) is 0 Å². The van der Waals surface area contributed by atoms with Crippen LogP contribution in [0.1, 0.15) is 33.3 Å². The molecule has 16 heavy (non-hydrogen) atoms. The van der Waals surface area contributed by atoms with Crippen LogP contribution in [-0.2, 0) is 17.8 Å². The van der Waals surface area contributed by atoms with Crippen molar-refractivity contribution in [2.75, 3.05) is 0 Å². The molecule has 1 N–H and O–H groups in total. The van der Waals surface area contributed by atoms with Crippen LogP contribution in [-0.4, -0.2) is 20.9 Å². The molecule has 1 atom stereocenters. The number of hydrogen-bond donors (Lipinski definition) is 1. The largest absolute Gasteiger partial charge is 0.481 e. The highest BCUT2D eigenvalue weighted by Gasteiger charge is 2.36. The van der Waals surface area contributed by atoms with Crippen LogP contribution < -0.4 is 0 Å². The van der Waals surface area contributed by atoms with Gasteiger partial charge in [0.1, 0.15) is 0 Å². The van der Waals surface area contributed by atoms with E-state index >= 15 is 0 Å². The molecule has 1 aromatic heterocycles. The highest BCUT2D eigenvalue weighted by Crippen LogP contribution is 2.31. The Morgan fingerprint density at radius 3 is 2.62 bits per heavy atom. The van der Waals surface area contributed by atoms with Gasteiger partial charge in [0.25, 0.3) is 0 Å². The summed E-state index contributed by atoms with van der Waals surface area (Å²) >= 11 is 0. The maximum Gasteiger partial charge on any atom is 0.309 e. The molecule has 4 nitrogen and oxygen atoms in total. The molecule has 0 aromatic carbocycles. The third-order valence-electron chi connectivity index (χ3n) is 3.34. The average Bonchev–Trinajstić information content (AvgIpc) is 2.64. The Bertz CT molecular complexity index is 371. The summed E-state index contributed by atoms with van der Waals surface area (Å²) in [6, 6.07) is 0. The number of aryl methyl sites for hydroxylation is 1. The van der Waals surface area contributed by atoms with E-state index in [0.717, 1.165) is 12.1 Å². The molecular formula is C12H20N2O2. The van der Waals surface area contributed by atoms with Crippen molar-refractivity contribution < 1.29 is 9.90 Å². The van der Waals surface area contributed by atoms with Crippen molar-refractivity contribution in [3.8, 4) is 0 Å². The van der Waals surface area contributed by atoms with Crippen LogP contribution in [0.4, 0.5) is 0 Å². The van der Waals surface area contributed by atoms with Crippen molar-refractivity contribution in [3.05, 3.63) is 18.0 Å². The van der Waals surface area contributed by atoms with Crippen LogP contribution in [0.5, 0.6) is 0 Å². The third kappa shape index (κ3) is 2.43. The molecule has 0 radical (unpaired) electrons. The molecule has 1 rings (SSSR count). The fourth-order valence-corrected chi connectivity index (χ4v) is 1.62. The standard InChI is InChI=1S/C12H20N2O2/c1-5-14-8-10(7-13-14)6-12(4,9(2)3)11(15)16/h7-9H,5-6H2,1-4H3,(H,15,16). The molecule has 0 spiro atoms. The maximum absolute atomic E-state index is 11.3. The molecule has 0 amide bonds. The third-order valence-corrected chi connectivity index (χ3v) is 3.34. The molecule has 0 aliphatic rings. The minimum Gasteiger partial charge on any atom is -0.481 e. The number of carbonyl (C=O) groups is 1. The number of rotatable bonds is 5. The number of hydrogen-bond acceptors (Lipinski definition) is 2. The Morgan fingerprint density at radius 1 is 1.62 bits per heavy atom. The van der Waals surface area contributed by atoms with Gasteiger partial charge in [-0.25, -0.2) is 0 Å². The lowest BCUT2D eigenvalue weighted by Gasteiger charge is -2.28. The van der Waals surface area contributed by atoms with Crippen molar-refractivity contribution in [1.29, 1.82) is 0 Å². The van der Waals surface area contributed by atoms with E-state index in [1.165, 1.54) is 0 Å². The molecule has 1 heterocycles. The van der Waals surface area contributed by atoms with Gasteiger partial charge in [0.2, 0.25) is 0 Å². The van der Waals surface area contributed by atoms with Gasteiger partial charge in [0.15, 0.2) is 0 Å². The van der Waals surface area contributed by atoms with E-state index in [4.69, 9.17) is 0 Å². The molecule has 1 unspecified atom stereocenters. The topological polar surface area (TPSA) is 55.1 Å². The van der Waals surface area contributed by atoms with Crippen LogP contribution in [0, 0.1) is 11.3 Å². The van der Waals surface area contributed by atoms with Gasteiger partial charge in [-0.15, -0.1) is 0 Å². The fraction of sp³-hybridized carbons (Fsp3) is 0.667. The summed E-state index contributed by atoms with van der Waals surface area (Å²) in [4.78, 5) is 11.3. The second kappa shape index (κ2) is 4.68. The van der Waals surface area contributed by atoms with Crippen LogP contribution in [0.25, 0.3) is 0 Å². The van der Waals surface area contributed by atoms with Gasteiger partial charge in [0.05, 0.1) is 11.6 Å². The van der Waals surface area contributed by atoms with Gasteiger partial charge in [-0.3, -0.25) is 9.48 Å². The van der Waals surface area contributed by atoms with E-state index in [-0.39, 0.29) is 5.92 Å². The highest BCUT2D eigenvalue weighted by molar-refractivity contribution is 5.74. The first-order valence-electron chi connectivity index (χ1n) is 5.65. The summed E-state index contributed by atoms with van der Waals surface area (Å²) in [5.41, 5.74) is 0.266. The van der Waals surface area contributed by atoms with Crippen LogP contribution in [0.3, 0.4) is 0 Å². The first-order chi connectivity index (χ1) is 7.40. The lowest BCUT2D eigenvalue weighted by molar-refractivity contribution is -0.150. The van der Waals surface area contributed by atoms with Crippen molar-refractivity contribution >= 4 is 5.97 Å². The van der Waals surface area contributed by atoms with Crippen molar-refractivity contribution in [3.63, 3.8) is 0 Å². The van der Waals surface area contributed by atoms with E-state index in [9.17, 15) is 9.90 Å². The van der Waals surface area contributed by atoms with Gasteiger partial charge in [-0.2, -0.15) is 5.10 Å². The van der Waals surface area contributed by atoms with E-state index in [2.05, 4.69) is 5.10 Å². The summed E-state index contributed by atoms with van der Waals surface area (Å²) in [7, 11) is 0. The van der Waals surface area contributed by atoms with E-state index in [1.54, 1.807) is 13.1 Å². The fourth-order valence-electron chi connectivity index (χ4n) is 1.62. The Balaban J connectivity index is 2.88. The lowest BCUT2D eigenvalue weighted by atomic mass is 9.75. The van der Waals surface area contributed by atoms with Crippen molar-refractivity contribution in [2.45, 2.75) is 40.7 Å². The van der Waals surface area contributed by atoms with Crippen LogP contribution in [0.15, 0.2) is 12.4 Å². The van der Waals surface area contributed by atoms with Crippen LogP contribution >= 0.6 is 0 Å². The number of aliphatic carboxylic acids is 1. The molecule has 0 fully saturated rings. The number of aromatic nitrogens is 2. The molecular weight excluding hydrogens is 204 g/mol. The molecule has 1 aromatic rings. The smallest absolute Gasteiger partial charge is 0.309 e. The molecule has 0 aliphatic heterocycles. The van der Waals surface area contributed by atoms with Gasteiger partial charge < -0.3 is 5.11 Å². The Kier molecular flexibility index (Phi) is 3.73. The number of nitrogens with zero attached hydrogens (tertiary/aromatic N) is 2. The van der Waals surface area contributed by atoms with Crippen molar-refractivity contribution in [1.82, 2.24) is 9.78 Å². The predicted molar refractivity (Wildman–Crippen MR) is 62.2 cm³/mol. The lowest BCUT2D eigenvalue weighted by Crippen LogP contribution is -2.35. The second-order valence-electron chi connectivity index (χ2n) is 4.76.